The van der Waals surface area contributed by atoms with Crippen LogP contribution in [-0.2, 0) is 17.8 Å². The van der Waals surface area contributed by atoms with Crippen LogP contribution >= 0.6 is 11.8 Å². The molecule has 3 heterocycles. The number of carbonyl (C=O) groups excluding carboxylic acids is 1. The first-order chi connectivity index (χ1) is 15.6. The van der Waals surface area contributed by atoms with E-state index in [-0.39, 0.29) is 5.91 Å². The van der Waals surface area contributed by atoms with E-state index in [4.69, 9.17) is 9.97 Å². The summed E-state index contributed by atoms with van der Waals surface area (Å²) in [7, 11) is 0. The number of rotatable bonds is 9. The van der Waals surface area contributed by atoms with Gasteiger partial charge in [0.1, 0.15) is 5.82 Å². The minimum atomic E-state index is 0.0230. The van der Waals surface area contributed by atoms with Gasteiger partial charge in [-0.1, -0.05) is 48.5 Å². The number of benzene rings is 1. The molecule has 3 aromatic rings. The zero-order chi connectivity index (χ0) is 22.3. The van der Waals surface area contributed by atoms with Gasteiger partial charge in [-0.3, -0.25) is 4.79 Å². The largest absolute Gasteiger partial charge is 0.356 e. The van der Waals surface area contributed by atoms with Crippen LogP contribution in [0.2, 0.25) is 0 Å². The van der Waals surface area contributed by atoms with Crippen LogP contribution in [0.15, 0.2) is 35.6 Å². The summed E-state index contributed by atoms with van der Waals surface area (Å²) >= 11 is 1.70. The Morgan fingerprint density at radius 2 is 2.03 bits per heavy atom. The number of aryl methyl sites for hydroxylation is 1. The third-order valence-electron chi connectivity index (χ3n) is 5.64. The minimum Gasteiger partial charge on any atom is -0.356 e. The molecule has 0 atom stereocenters. The number of piperidine rings is 1. The third-order valence-corrected chi connectivity index (χ3v) is 6.69. The van der Waals surface area contributed by atoms with E-state index >= 15 is 0 Å². The van der Waals surface area contributed by atoms with Crippen molar-refractivity contribution in [2.45, 2.75) is 57.7 Å². The standard InChI is InChI=1S/C24H32N6OS/c1-3-14-32-24-27-22(29-11-5-4-6-12-29)20-17-26-30(23(20)28-24)13-10-25-21(31)16-19-9-7-8-18(2)15-19/h7-9,15,17H,3-6,10-14,16H2,1-2H3,(H,25,31). The number of amides is 1. The molecule has 7 nitrogen and oxygen atoms in total. The van der Waals surface area contributed by atoms with Gasteiger partial charge in [-0.25, -0.2) is 14.6 Å². The number of nitrogens with one attached hydrogen (secondary N) is 1. The Kier molecular flexibility index (Phi) is 7.63. The van der Waals surface area contributed by atoms with Crippen molar-refractivity contribution in [3.63, 3.8) is 0 Å². The van der Waals surface area contributed by atoms with Crippen LogP contribution in [0.5, 0.6) is 0 Å². The Morgan fingerprint density at radius 3 is 2.81 bits per heavy atom. The van der Waals surface area contributed by atoms with Gasteiger partial charge < -0.3 is 10.2 Å². The Balaban J connectivity index is 1.46. The summed E-state index contributed by atoms with van der Waals surface area (Å²) in [6.07, 6.45) is 7.03. The third kappa shape index (κ3) is 5.59. The van der Waals surface area contributed by atoms with Gasteiger partial charge in [0.25, 0.3) is 0 Å². The minimum absolute atomic E-state index is 0.0230. The Morgan fingerprint density at radius 1 is 1.19 bits per heavy atom. The van der Waals surface area contributed by atoms with Gasteiger partial charge in [-0.2, -0.15) is 5.10 Å². The first-order valence-electron chi connectivity index (χ1n) is 11.6. The fraction of sp³-hybridized carbons (Fsp3) is 0.500. The van der Waals surface area contributed by atoms with E-state index in [9.17, 15) is 4.79 Å². The first-order valence-corrected chi connectivity index (χ1v) is 12.6. The average Bonchev–Trinajstić information content (AvgIpc) is 3.20. The smallest absolute Gasteiger partial charge is 0.224 e. The lowest BCUT2D eigenvalue weighted by molar-refractivity contribution is -0.120. The van der Waals surface area contributed by atoms with E-state index in [1.54, 1.807) is 11.8 Å². The van der Waals surface area contributed by atoms with Crippen LogP contribution in [0.25, 0.3) is 11.0 Å². The Bertz CT molecular complexity index is 1060. The van der Waals surface area contributed by atoms with Gasteiger partial charge in [0, 0.05) is 25.4 Å². The molecule has 0 spiro atoms. The number of hydrogen-bond donors (Lipinski definition) is 1. The van der Waals surface area contributed by atoms with Crippen molar-refractivity contribution in [1.82, 2.24) is 25.1 Å². The van der Waals surface area contributed by atoms with Gasteiger partial charge >= 0.3 is 0 Å². The number of fused-ring (bicyclic) bond motifs is 1. The van der Waals surface area contributed by atoms with E-state index < -0.39 is 0 Å². The first kappa shape index (κ1) is 22.6. The van der Waals surface area contributed by atoms with Gasteiger partial charge in [-0.05, 0) is 38.2 Å². The maximum Gasteiger partial charge on any atom is 0.224 e. The zero-order valence-electron chi connectivity index (χ0n) is 19.0. The van der Waals surface area contributed by atoms with Crippen LogP contribution in [0.3, 0.4) is 0 Å². The van der Waals surface area contributed by atoms with Crippen LogP contribution in [0.1, 0.15) is 43.7 Å². The highest BCUT2D eigenvalue weighted by atomic mass is 32.2. The molecule has 2 aromatic heterocycles. The van der Waals surface area contributed by atoms with Crippen LogP contribution in [0, 0.1) is 6.92 Å². The summed E-state index contributed by atoms with van der Waals surface area (Å²) in [5.41, 5.74) is 3.05. The lowest BCUT2D eigenvalue weighted by Crippen LogP contribution is -2.30. The highest BCUT2D eigenvalue weighted by Gasteiger charge is 2.20. The van der Waals surface area contributed by atoms with Crippen molar-refractivity contribution in [2.75, 3.05) is 30.3 Å². The van der Waals surface area contributed by atoms with E-state index in [0.29, 0.717) is 19.5 Å². The quantitative estimate of drug-likeness (QED) is 0.391. The van der Waals surface area contributed by atoms with Gasteiger partial charge in [0.15, 0.2) is 10.8 Å². The molecule has 1 aliphatic rings. The van der Waals surface area contributed by atoms with Crippen LogP contribution in [0.4, 0.5) is 5.82 Å². The van der Waals surface area contributed by atoms with Crippen molar-refractivity contribution in [1.29, 1.82) is 0 Å². The van der Waals surface area contributed by atoms with Crippen LogP contribution < -0.4 is 10.2 Å². The summed E-state index contributed by atoms with van der Waals surface area (Å²) in [4.78, 5) is 24.5. The van der Waals surface area contributed by atoms with Gasteiger partial charge in [0.2, 0.25) is 5.91 Å². The number of anilines is 1. The lowest BCUT2D eigenvalue weighted by atomic mass is 10.1. The Hall–Kier alpha value is -2.61. The second kappa shape index (κ2) is 10.8. The number of carbonyl (C=O) groups is 1. The molecule has 0 aliphatic carbocycles. The molecule has 0 saturated carbocycles. The molecule has 1 aliphatic heterocycles. The second-order valence-electron chi connectivity index (χ2n) is 8.35. The normalized spacial score (nSPS) is 14.1. The van der Waals surface area contributed by atoms with Crippen molar-refractivity contribution in [3.05, 3.63) is 41.6 Å². The van der Waals surface area contributed by atoms with E-state index in [1.807, 2.05) is 36.0 Å². The molecule has 0 bridgehead atoms. The molecule has 1 amide bonds. The summed E-state index contributed by atoms with van der Waals surface area (Å²) in [5, 5.41) is 9.42. The van der Waals surface area contributed by atoms with E-state index in [1.165, 1.54) is 24.8 Å². The fourth-order valence-electron chi connectivity index (χ4n) is 4.06. The van der Waals surface area contributed by atoms with Crippen molar-refractivity contribution >= 4 is 34.5 Å². The van der Waals surface area contributed by atoms with E-state index in [0.717, 1.165) is 52.8 Å². The monoisotopic (exact) mass is 452 g/mol. The van der Waals surface area contributed by atoms with E-state index in [2.05, 4.69) is 28.3 Å². The molecule has 1 saturated heterocycles. The highest BCUT2D eigenvalue weighted by Crippen LogP contribution is 2.29. The highest BCUT2D eigenvalue weighted by molar-refractivity contribution is 7.99. The number of nitrogens with zero attached hydrogens (tertiary/aromatic N) is 5. The van der Waals surface area contributed by atoms with Gasteiger partial charge in [0.05, 0.1) is 24.5 Å². The number of hydrogen-bond acceptors (Lipinski definition) is 6. The van der Waals surface area contributed by atoms with Crippen LogP contribution in [-0.4, -0.2) is 51.0 Å². The predicted molar refractivity (Wildman–Crippen MR) is 130 cm³/mol. The molecule has 32 heavy (non-hydrogen) atoms. The maximum absolute atomic E-state index is 12.4. The van der Waals surface area contributed by atoms with Crippen molar-refractivity contribution in [3.8, 4) is 0 Å². The molecule has 1 aromatic carbocycles. The topological polar surface area (TPSA) is 75.9 Å². The summed E-state index contributed by atoms with van der Waals surface area (Å²) in [6.45, 7) is 7.37. The lowest BCUT2D eigenvalue weighted by Gasteiger charge is -2.28. The molecule has 0 radical (unpaired) electrons. The van der Waals surface area contributed by atoms with Crippen molar-refractivity contribution in [2.24, 2.45) is 0 Å². The average molecular weight is 453 g/mol. The molecule has 1 fully saturated rings. The summed E-state index contributed by atoms with van der Waals surface area (Å²) in [5.74, 6) is 2.02. The molecule has 0 unspecified atom stereocenters. The predicted octanol–water partition coefficient (Wildman–Crippen LogP) is 3.99. The summed E-state index contributed by atoms with van der Waals surface area (Å²) < 4.78 is 1.90. The molecular formula is C24H32N6OS. The molecular weight excluding hydrogens is 420 g/mol. The SMILES string of the molecule is CCCSc1nc(N2CCCCC2)c2cnn(CCNC(=O)Cc3cccc(C)c3)c2n1. The number of aromatic nitrogens is 4. The van der Waals surface area contributed by atoms with Gasteiger partial charge in [-0.15, -0.1) is 0 Å². The Labute approximate surface area is 194 Å². The summed E-state index contributed by atoms with van der Waals surface area (Å²) in [6, 6.07) is 8.07. The molecule has 8 heteroatoms. The maximum atomic E-state index is 12.4. The second-order valence-corrected chi connectivity index (χ2v) is 9.41. The fourth-order valence-corrected chi connectivity index (χ4v) is 4.75. The number of thioether (sulfide) groups is 1. The molecule has 1 N–H and O–H groups in total. The molecule has 170 valence electrons. The van der Waals surface area contributed by atoms with Crippen molar-refractivity contribution < 1.29 is 4.79 Å². The molecule has 4 rings (SSSR count). The zero-order valence-corrected chi connectivity index (χ0v) is 19.8.